The van der Waals surface area contributed by atoms with Crippen LogP contribution in [-0.2, 0) is 0 Å². The highest BCUT2D eigenvalue weighted by Crippen LogP contribution is 2.27. The zero-order valence-electron chi connectivity index (χ0n) is 11.0. The van der Waals surface area contributed by atoms with Crippen LogP contribution in [0, 0.1) is 5.92 Å². The van der Waals surface area contributed by atoms with Crippen LogP contribution in [0.1, 0.15) is 38.5 Å². The van der Waals surface area contributed by atoms with Gasteiger partial charge in [0.05, 0.1) is 6.04 Å². The molecule has 0 amide bonds. The molecular weight excluding hydrogens is 224 g/mol. The fourth-order valence-corrected chi connectivity index (χ4v) is 2.72. The number of nitrogens with two attached hydrogens (primary N) is 1. The molecule has 0 spiro atoms. The van der Waals surface area contributed by atoms with Crippen molar-refractivity contribution in [2.75, 3.05) is 6.61 Å². The van der Waals surface area contributed by atoms with E-state index in [4.69, 9.17) is 10.6 Å². The van der Waals surface area contributed by atoms with E-state index < -0.39 is 0 Å². The molecule has 1 aliphatic carbocycles. The normalized spacial score (nSPS) is 18.5. The third kappa shape index (κ3) is 4.31. The highest BCUT2D eigenvalue weighted by molar-refractivity contribution is 5.20. The number of para-hydroxylation sites is 1. The van der Waals surface area contributed by atoms with Crippen molar-refractivity contribution in [1.82, 2.24) is 5.43 Å². The Morgan fingerprint density at radius 3 is 2.56 bits per heavy atom. The zero-order valence-corrected chi connectivity index (χ0v) is 11.0. The Morgan fingerprint density at radius 1 is 1.17 bits per heavy atom. The molecule has 100 valence electrons. The van der Waals surface area contributed by atoms with Crippen LogP contribution in [-0.4, -0.2) is 12.6 Å². The van der Waals surface area contributed by atoms with E-state index in [0.29, 0.717) is 6.61 Å². The standard InChI is InChI=1S/C15H24N2O/c16-17-14(11-13-7-3-1-4-8-13)12-18-15-9-5-2-6-10-15/h2,5-6,9-10,13-14,17H,1,3-4,7-8,11-12,16H2. The number of benzene rings is 1. The first-order valence-electron chi connectivity index (χ1n) is 7.02. The number of hydrazine groups is 1. The first-order chi connectivity index (χ1) is 8.88. The Kier molecular flexibility index (Phi) is 5.49. The monoisotopic (exact) mass is 248 g/mol. The van der Waals surface area contributed by atoms with Crippen molar-refractivity contribution in [3.8, 4) is 5.75 Å². The lowest BCUT2D eigenvalue weighted by Crippen LogP contribution is -2.41. The molecule has 1 aromatic carbocycles. The second-order valence-electron chi connectivity index (χ2n) is 5.23. The first kappa shape index (κ1) is 13.4. The van der Waals surface area contributed by atoms with Gasteiger partial charge in [-0.15, -0.1) is 0 Å². The van der Waals surface area contributed by atoms with Gasteiger partial charge < -0.3 is 4.74 Å². The summed E-state index contributed by atoms with van der Waals surface area (Å²) in [5.74, 6) is 7.36. The summed E-state index contributed by atoms with van der Waals surface area (Å²) in [5.41, 5.74) is 2.89. The van der Waals surface area contributed by atoms with Gasteiger partial charge in [-0.05, 0) is 24.5 Å². The lowest BCUT2D eigenvalue weighted by molar-refractivity contribution is 0.220. The van der Waals surface area contributed by atoms with Crippen LogP contribution in [0.3, 0.4) is 0 Å². The molecule has 1 aromatic rings. The topological polar surface area (TPSA) is 47.3 Å². The molecule has 0 aliphatic heterocycles. The van der Waals surface area contributed by atoms with Gasteiger partial charge >= 0.3 is 0 Å². The van der Waals surface area contributed by atoms with E-state index in [1.807, 2.05) is 30.3 Å². The number of hydrogen-bond acceptors (Lipinski definition) is 3. The summed E-state index contributed by atoms with van der Waals surface area (Å²) in [7, 11) is 0. The number of ether oxygens (including phenoxy) is 1. The van der Waals surface area contributed by atoms with E-state index in [1.165, 1.54) is 32.1 Å². The van der Waals surface area contributed by atoms with Gasteiger partial charge in [-0.25, -0.2) is 0 Å². The second kappa shape index (κ2) is 7.39. The van der Waals surface area contributed by atoms with Gasteiger partial charge in [-0.3, -0.25) is 11.3 Å². The molecule has 1 fully saturated rings. The molecule has 0 radical (unpaired) electrons. The molecule has 0 aromatic heterocycles. The van der Waals surface area contributed by atoms with Crippen LogP contribution in [0.2, 0.25) is 0 Å². The third-order valence-electron chi connectivity index (χ3n) is 3.77. The molecule has 3 heteroatoms. The molecule has 3 N–H and O–H groups in total. The SMILES string of the molecule is NNC(COc1ccccc1)CC1CCCCC1. The Morgan fingerprint density at radius 2 is 1.89 bits per heavy atom. The van der Waals surface area contributed by atoms with E-state index in [9.17, 15) is 0 Å². The fourth-order valence-electron chi connectivity index (χ4n) is 2.72. The molecule has 0 heterocycles. The summed E-state index contributed by atoms with van der Waals surface area (Å²) in [6.07, 6.45) is 7.98. The summed E-state index contributed by atoms with van der Waals surface area (Å²) in [5, 5.41) is 0. The Hall–Kier alpha value is -1.06. The predicted molar refractivity (Wildman–Crippen MR) is 74.2 cm³/mol. The Bertz CT molecular complexity index is 323. The Labute approximate surface area is 110 Å². The minimum absolute atomic E-state index is 0.258. The minimum Gasteiger partial charge on any atom is -0.492 e. The summed E-state index contributed by atoms with van der Waals surface area (Å²) < 4.78 is 5.76. The van der Waals surface area contributed by atoms with E-state index in [2.05, 4.69) is 5.43 Å². The van der Waals surface area contributed by atoms with E-state index >= 15 is 0 Å². The molecule has 0 saturated heterocycles. The largest absolute Gasteiger partial charge is 0.492 e. The van der Waals surface area contributed by atoms with Crippen LogP contribution in [0.15, 0.2) is 30.3 Å². The number of nitrogens with one attached hydrogen (secondary N) is 1. The van der Waals surface area contributed by atoms with Gasteiger partial charge in [0.1, 0.15) is 12.4 Å². The van der Waals surface area contributed by atoms with E-state index in [1.54, 1.807) is 0 Å². The van der Waals surface area contributed by atoms with Crippen molar-refractivity contribution >= 4 is 0 Å². The minimum atomic E-state index is 0.258. The maximum Gasteiger partial charge on any atom is 0.119 e. The predicted octanol–water partition coefficient (Wildman–Crippen LogP) is 2.87. The first-order valence-corrected chi connectivity index (χ1v) is 7.02. The fraction of sp³-hybridized carbons (Fsp3) is 0.600. The maximum absolute atomic E-state index is 5.76. The molecule has 2 rings (SSSR count). The van der Waals surface area contributed by atoms with Crippen LogP contribution in [0.25, 0.3) is 0 Å². The molecule has 3 nitrogen and oxygen atoms in total. The quantitative estimate of drug-likeness (QED) is 0.601. The number of rotatable bonds is 6. The molecule has 18 heavy (non-hydrogen) atoms. The summed E-state index contributed by atoms with van der Waals surface area (Å²) in [6.45, 7) is 0.650. The van der Waals surface area contributed by atoms with E-state index in [0.717, 1.165) is 18.1 Å². The maximum atomic E-state index is 5.76. The van der Waals surface area contributed by atoms with Gasteiger partial charge in [0, 0.05) is 0 Å². The van der Waals surface area contributed by atoms with Gasteiger partial charge in [0.15, 0.2) is 0 Å². The highest BCUT2D eigenvalue weighted by Gasteiger charge is 2.18. The van der Waals surface area contributed by atoms with Crippen molar-refractivity contribution in [3.63, 3.8) is 0 Å². The van der Waals surface area contributed by atoms with Crippen LogP contribution in [0.5, 0.6) is 5.75 Å². The summed E-state index contributed by atoms with van der Waals surface area (Å²) in [4.78, 5) is 0. The van der Waals surface area contributed by atoms with Gasteiger partial charge in [-0.1, -0.05) is 50.3 Å². The average Bonchev–Trinajstić information content (AvgIpc) is 2.45. The molecular formula is C15H24N2O. The molecule has 1 aliphatic rings. The number of hydrogen-bond donors (Lipinski definition) is 2. The molecule has 1 atom stereocenters. The third-order valence-corrected chi connectivity index (χ3v) is 3.77. The van der Waals surface area contributed by atoms with Crippen LogP contribution in [0.4, 0.5) is 0 Å². The highest BCUT2D eigenvalue weighted by atomic mass is 16.5. The molecule has 1 unspecified atom stereocenters. The molecule has 0 bridgehead atoms. The van der Waals surface area contributed by atoms with Gasteiger partial charge in [0.2, 0.25) is 0 Å². The second-order valence-corrected chi connectivity index (χ2v) is 5.23. The lowest BCUT2D eigenvalue weighted by Gasteiger charge is -2.26. The Balaban J connectivity index is 1.74. The van der Waals surface area contributed by atoms with Gasteiger partial charge in [-0.2, -0.15) is 0 Å². The van der Waals surface area contributed by atoms with Crippen molar-refractivity contribution in [2.24, 2.45) is 11.8 Å². The average molecular weight is 248 g/mol. The van der Waals surface area contributed by atoms with Crippen LogP contribution < -0.4 is 16.0 Å². The van der Waals surface area contributed by atoms with Crippen molar-refractivity contribution < 1.29 is 4.74 Å². The van der Waals surface area contributed by atoms with Crippen molar-refractivity contribution in [2.45, 2.75) is 44.6 Å². The van der Waals surface area contributed by atoms with Crippen molar-refractivity contribution in [3.05, 3.63) is 30.3 Å². The van der Waals surface area contributed by atoms with Crippen LogP contribution >= 0.6 is 0 Å². The smallest absolute Gasteiger partial charge is 0.119 e. The van der Waals surface area contributed by atoms with Crippen molar-refractivity contribution in [1.29, 1.82) is 0 Å². The summed E-state index contributed by atoms with van der Waals surface area (Å²) >= 11 is 0. The zero-order chi connectivity index (χ0) is 12.6. The summed E-state index contributed by atoms with van der Waals surface area (Å²) in [6, 6.07) is 10.2. The van der Waals surface area contributed by atoms with E-state index in [-0.39, 0.29) is 6.04 Å². The lowest BCUT2D eigenvalue weighted by atomic mass is 9.85. The molecule has 1 saturated carbocycles. The van der Waals surface area contributed by atoms with Gasteiger partial charge in [0.25, 0.3) is 0 Å².